The molecule has 0 radical (unpaired) electrons. The van der Waals surface area contributed by atoms with Crippen molar-refractivity contribution >= 4 is 17.3 Å². The van der Waals surface area contributed by atoms with Gasteiger partial charge in [-0.15, -0.1) is 0 Å². The van der Waals surface area contributed by atoms with Crippen LogP contribution in [0.4, 0.5) is 28.9 Å². The number of halogens is 4. The highest BCUT2D eigenvalue weighted by Crippen LogP contribution is 2.21. The monoisotopic (exact) mass is 284 g/mol. The van der Waals surface area contributed by atoms with Crippen LogP contribution in [0.25, 0.3) is 0 Å². The van der Waals surface area contributed by atoms with Crippen molar-refractivity contribution < 1.29 is 22.4 Å². The molecule has 0 saturated heterocycles. The predicted octanol–water partition coefficient (Wildman–Crippen LogP) is 3.08. The van der Waals surface area contributed by atoms with Crippen LogP contribution in [-0.2, 0) is 0 Å². The number of nitrogen functional groups attached to an aromatic ring is 1. The van der Waals surface area contributed by atoms with Gasteiger partial charge < -0.3 is 11.1 Å². The molecule has 0 spiro atoms. The van der Waals surface area contributed by atoms with E-state index in [2.05, 4.69) is 0 Å². The zero-order chi connectivity index (χ0) is 14.9. The lowest BCUT2D eigenvalue weighted by Crippen LogP contribution is -2.14. The minimum Gasteiger partial charge on any atom is -0.396 e. The molecule has 0 fully saturated rings. The van der Waals surface area contributed by atoms with Crippen LogP contribution in [-0.4, -0.2) is 5.91 Å². The summed E-state index contributed by atoms with van der Waals surface area (Å²) in [6, 6.07) is 4.75. The van der Waals surface area contributed by atoms with Crippen LogP contribution in [0.1, 0.15) is 10.4 Å². The molecule has 20 heavy (non-hydrogen) atoms. The summed E-state index contributed by atoms with van der Waals surface area (Å²) in [6.45, 7) is 0. The van der Waals surface area contributed by atoms with Crippen LogP contribution in [0.15, 0.2) is 30.3 Å². The second-order valence-electron chi connectivity index (χ2n) is 3.91. The Morgan fingerprint density at radius 1 is 0.950 bits per heavy atom. The molecule has 0 bridgehead atoms. The molecule has 0 aromatic heterocycles. The number of amides is 1. The molecule has 7 heteroatoms. The summed E-state index contributed by atoms with van der Waals surface area (Å²) in [5.41, 5.74) is 4.40. The number of benzene rings is 2. The van der Waals surface area contributed by atoms with E-state index in [4.69, 9.17) is 5.73 Å². The number of carbonyl (C=O) groups is 1. The van der Waals surface area contributed by atoms with E-state index in [1.165, 1.54) is 6.07 Å². The average Bonchev–Trinajstić information content (AvgIpc) is 2.42. The average molecular weight is 284 g/mol. The van der Waals surface area contributed by atoms with Crippen LogP contribution in [0.2, 0.25) is 0 Å². The third-order valence-electron chi connectivity index (χ3n) is 2.55. The van der Waals surface area contributed by atoms with E-state index in [9.17, 15) is 22.4 Å². The number of nitrogens with two attached hydrogens (primary N) is 1. The fourth-order valence-corrected chi connectivity index (χ4v) is 1.49. The Bertz CT molecular complexity index is 688. The maximum atomic E-state index is 13.4. The largest absolute Gasteiger partial charge is 0.396 e. The van der Waals surface area contributed by atoms with Crippen molar-refractivity contribution in [1.29, 1.82) is 0 Å². The number of rotatable bonds is 2. The minimum atomic E-state index is -1.70. The molecule has 104 valence electrons. The molecule has 0 heterocycles. The van der Waals surface area contributed by atoms with Crippen molar-refractivity contribution in [2.75, 3.05) is 11.1 Å². The molecule has 0 aliphatic rings. The zero-order valence-corrected chi connectivity index (χ0v) is 9.88. The molecule has 0 saturated carbocycles. The third kappa shape index (κ3) is 2.56. The first-order valence-electron chi connectivity index (χ1n) is 5.40. The van der Waals surface area contributed by atoms with E-state index in [1.807, 2.05) is 5.32 Å². The molecule has 1 amide bonds. The molecule has 2 rings (SSSR count). The van der Waals surface area contributed by atoms with E-state index in [-0.39, 0.29) is 11.3 Å². The lowest BCUT2D eigenvalue weighted by atomic mass is 10.1. The summed E-state index contributed by atoms with van der Waals surface area (Å²) < 4.78 is 52.3. The SMILES string of the molecule is Nc1ccc(C(=O)Nc2ccc(F)c(F)c2F)cc1F. The van der Waals surface area contributed by atoms with Crippen molar-refractivity contribution in [2.45, 2.75) is 0 Å². The highest BCUT2D eigenvalue weighted by atomic mass is 19.2. The van der Waals surface area contributed by atoms with Gasteiger partial charge in [0.05, 0.1) is 11.4 Å². The number of carbonyl (C=O) groups excluding carboxylic acids is 1. The lowest BCUT2D eigenvalue weighted by Gasteiger charge is -2.08. The summed E-state index contributed by atoms with van der Waals surface area (Å²) in [4.78, 5) is 11.7. The highest BCUT2D eigenvalue weighted by molar-refractivity contribution is 6.04. The van der Waals surface area contributed by atoms with Gasteiger partial charge in [0.15, 0.2) is 17.5 Å². The first-order chi connectivity index (χ1) is 9.40. The standard InChI is InChI=1S/C13H8F4N2O/c14-7-2-4-10(12(17)11(7)16)19-13(20)6-1-3-9(18)8(15)5-6/h1-5H,18H2,(H,19,20). The van der Waals surface area contributed by atoms with Crippen molar-refractivity contribution in [1.82, 2.24) is 0 Å². The Kier molecular flexibility index (Phi) is 3.60. The normalized spacial score (nSPS) is 10.4. The Labute approximate surface area is 111 Å². The molecule has 2 aromatic rings. The van der Waals surface area contributed by atoms with Crippen molar-refractivity contribution in [3.63, 3.8) is 0 Å². The van der Waals surface area contributed by atoms with Gasteiger partial charge in [-0.3, -0.25) is 4.79 Å². The summed E-state index contributed by atoms with van der Waals surface area (Å²) >= 11 is 0. The predicted molar refractivity (Wildman–Crippen MR) is 65.1 cm³/mol. The molecule has 0 aliphatic heterocycles. The lowest BCUT2D eigenvalue weighted by molar-refractivity contribution is 0.102. The van der Waals surface area contributed by atoms with E-state index in [0.717, 1.165) is 18.2 Å². The maximum absolute atomic E-state index is 13.4. The van der Waals surface area contributed by atoms with Crippen LogP contribution in [0.3, 0.4) is 0 Å². The molecule has 0 unspecified atom stereocenters. The maximum Gasteiger partial charge on any atom is 0.255 e. The van der Waals surface area contributed by atoms with Gasteiger partial charge in [0.1, 0.15) is 5.82 Å². The van der Waals surface area contributed by atoms with Crippen LogP contribution in [0, 0.1) is 23.3 Å². The Balaban J connectivity index is 2.28. The summed E-state index contributed by atoms with van der Waals surface area (Å²) in [6.07, 6.45) is 0. The highest BCUT2D eigenvalue weighted by Gasteiger charge is 2.16. The Morgan fingerprint density at radius 3 is 2.30 bits per heavy atom. The second-order valence-corrected chi connectivity index (χ2v) is 3.91. The molecule has 3 N–H and O–H groups in total. The van der Waals surface area contributed by atoms with Gasteiger partial charge in [-0.05, 0) is 30.3 Å². The van der Waals surface area contributed by atoms with E-state index < -0.39 is 34.9 Å². The second kappa shape index (κ2) is 5.20. The topological polar surface area (TPSA) is 55.1 Å². The quantitative estimate of drug-likeness (QED) is 0.506. The molecular formula is C13H8F4N2O. The van der Waals surface area contributed by atoms with Crippen LogP contribution < -0.4 is 11.1 Å². The van der Waals surface area contributed by atoms with Crippen molar-refractivity contribution in [3.05, 3.63) is 59.2 Å². The van der Waals surface area contributed by atoms with Crippen LogP contribution in [0.5, 0.6) is 0 Å². The van der Waals surface area contributed by atoms with Gasteiger partial charge in [-0.25, -0.2) is 17.6 Å². The van der Waals surface area contributed by atoms with Crippen molar-refractivity contribution in [2.24, 2.45) is 0 Å². The van der Waals surface area contributed by atoms with Gasteiger partial charge in [-0.1, -0.05) is 0 Å². The van der Waals surface area contributed by atoms with Gasteiger partial charge in [0.2, 0.25) is 0 Å². The summed E-state index contributed by atoms with van der Waals surface area (Å²) in [7, 11) is 0. The molecule has 3 nitrogen and oxygen atoms in total. The number of nitrogens with one attached hydrogen (secondary N) is 1. The molecule has 2 aromatic carbocycles. The first-order valence-corrected chi connectivity index (χ1v) is 5.40. The fourth-order valence-electron chi connectivity index (χ4n) is 1.49. The molecular weight excluding hydrogens is 276 g/mol. The number of hydrogen-bond donors (Lipinski definition) is 2. The van der Waals surface area contributed by atoms with Crippen LogP contribution >= 0.6 is 0 Å². The third-order valence-corrected chi connectivity index (χ3v) is 2.55. The van der Waals surface area contributed by atoms with Gasteiger partial charge >= 0.3 is 0 Å². The smallest absolute Gasteiger partial charge is 0.255 e. The summed E-state index contributed by atoms with van der Waals surface area (Å²) in [5, 5.41) is 2.01. The number of anilines is 2. The van der Waals surface area contributed by atoms with Gasteiger partial charge in [-0.2, -0.15) is 0 Å². The van der Waals surface area contributed by atoms with Gasteiger partial charge in [0.25, 0.3) is 5.91 Å². The molecule has 0 atom stereocenters. The number of hydrogen-bond acceptors (Lipinski definition) is 2. The van der Waals surface area contributed by atoms with E-state index in [0.29, 0.717) is 6.07 Å². The minimum absolute atomic E-state index is 0.138. The van der Waals surface area contributed by atoms with E-state index >= 15 is 0 Å². The fraction of sp³-hybridized carbons (Fsp3) is 0. The Morgan fingerprint density at radius 2 is 1.65 bits per heavy atom. The first kappa shape index (κ1) is 13.9. The Hall–Kier alpha value is -2.57. The van der Waals surface area contributed by atoms with E-state index in [1.54, 1.807) is 0 Å². The van der Waals surface area contributed by atoms with Gasteiger partial charge in [0, 0.05) is 5.56 Å². The van der Waals surface area contributed by atoms with Crippen molar-refractivity contribution in [3.8, 4) is 0 Å². The summed E-state index contributed by atoms with van der Waals surface area (Å²) in [5.74, 6) is -6.31. The molecule has 0 aliphatic carbocycles. The zero-order valence-electron chi connectivity index (χ0n) is 9.88.